The maximum absolute atomic E-state index is 11.0. The molecular formula is C14H21N3O2. The topological polar surface area (TPSA) is 65.5 Å². The molecule has 1 aliphatic rings. The lowest BCUT2D eigenvalue weighted by Crippen LogP contribution is -2.42. The molecule has 2 unspecified atom stereocenters. The van der Waals surface area contributed by atoms with Crippen molar-refractivity contribution in [3.8, 4) is 0 Å². The second-order valence-corrected chi connectivity index (χ2v) is 5.38. The first-order chi connectivity index (χ1) is 8.95. The first-order valence-electron chi connectivity index (χ1n) is 6.64. The molecule has 1 saturated heterocycles. The highest BCUT2D eigenvalue weighted by molar-refractivity contribution is 5.88. The van der Waals surface area contributed by atoms with Crippen molar-refractivity contribution in [2.24, 2.45) is 0 Å². The zero-order valence-electron chi connectivity index (χ0n) is 11.7. The third-order valence-electron chi connectivity index (χ3n) is 3.76. The van der Waals surface area contributed by atoms with Gasteiger partial charge in [-0.05, 0) is 45.9 Å². The SMILES string of the molecule is Cc1cc(C(=O)O)cc(NC2CCN(C)C(C)C2)n1. The Labute approximate surface area is 113 Å². The Hall–Kier alpha value is -1.62. The van der Waals surface area contributed by atoms with E-state index in [1.165, 1.54) is 0 Å². The smallest absolute Gasteiger partial charge is 0.335 e. The Bertz CT molecular complexity index is 476. The summed E-state index contributed by atoms with van der Waals surface area (Å²) in [5.41, 5.74) is 1.01. The van der Waals surface area contributed by atoms with Crippen molar-refractivity contribution in [2.75, 3.05) is 18.9 Å². The molecule has 1 fully saturated rings. The molecule has 0 bridgehead atoms. The zero-order valence-corrected chi connectivity index (χ0v) is 11.7. The number of nitrogens with zero attached hydrogens (tertiary/aromatic N) is 2. The predicted octanol–water partition coefficient (Wildman–Crippen LogP) is 1.98. The van der Waals surface area contributed by atoms with Gasteiger partial charge in [-0.2, -0.15) is 0 Å². The Morgan fingerprint density at radius 2 is 2.26 bits per heavy atom. The van der Waals surface area contributed by atoms with Crippen LogP contribution in [0, 0.1) is 6.92 Å². The van der Waals surface area contributed by atoms with E-state index in [4.69, 9.17) is 5.11 Å². The average Bonchev–Trinajstić information content (AvgIpc) is 2.33. The standard InChI is InChI=1S/C14H21N3O2/c1-9-6-11(14(18)19)8-13(15-9)16-12-4-5-17(3)10(2)7-12/h6,8,10,12H,4-5,7H2,1-3H3,(H,15,16)(H,18,19). The maximum atomic E-state index is 11.0. The van der Waals surface area contributed by atoms with Crippen LogP contribution in [0.4, 0.5) is 5.82 Å². The summed E-state index contributed by atoms with van der Waals surface area (Å²) in [6.45, 7) is 5.07. The summed E-state index contributed by atoms with van der Waals surface area (Å²) in [7, 11) is 2.13. The molecule has 0 aliphatic carbocycles. The van der Waals surface area contributed by atoms with Gasteiger partial charge in [0.1, 0.15) is 5.82 Å². The van der Waals surface area contributed by atoms with Gasteiger partial charge < -0.3 is 15.3 Å². The minimum absolute atomic E-state index is 0.288. The summed E-state index contributed by atoms with van der Waals surface area (Å²) >= 11 is 0. The lowest BCUT2D eigenvalue weighted by atomic mass is 9.99. The van der Waals surface area contributed by atoms with Gasteiger partial charge in [0.05, 0.1) is 5.56 Å². The maximum Gasteiger partial charge on any atom is 0.335 e. The highest BCUT2D eigenvalue weighted by Crippen LogP contribution is 2.20. The zero-order chi connectivity index (χ0) is 14.0. The van der Waals surface area contributed by atoms with E-state index in [1.807, 2.05) is 6.92 Å². The predicted molar refractivity (Wildman–Crippen MR) is 74.7 cm³/mol. The number of nitrogens with one attached hydrogen (secondary N) is 1. The Balaban J connectivity index is 2.09. The molecule has 2 rings (SSSR count). The number of pyridine rings is 1. The molecule has 5 heteroatoms. The number of likely N-dealkylation sites (tertiary alicyclic amines) is 1. The molecule has 2 heterocycles. The molecule has 2 N–H and O–H groups in total. The van der Waals surface area contributed by atoms with Crippen molar-refractivity contribution < 1.29 is 9.90 Å². The number of carboxylic acid groups (broad SMARTS) is 1. The first-order valence-corrected chi connectivity index (χ1v) is 6.64. The number of aromatic carboxylic acids is 1. The van der Waals surface area contributed by atoms with Crippen molar-refractivity contribution in [3.05, 3.63) is 23.4 Å². The van der Waals surface area contributed by atoms with Gasteiger partial charge in [0.2, 0.25) is 0 Å². The lowest BCUT2D eigenvalue weighted by Gasteiger charge is -2.35. The van der Waals surface area contributed by atoms with E-state index in [0.717, 1.165) is 25.1 Å². The van der Waals surface area contributed by atoms with Gasteiger partial charge >= 0.3 is 5.97 Å². The molecule has 1 aliphatic heterocycles. The van der Waals surface area contributed by atoms with Crippen molar-refractivity contribution in [3.63, 3.8) is 0 Å². The number of hydrogen-bond donors (Lipinski definition) is 2. The van der Waals surface area contributed by atoms with Crippen LogP contribution in [0.3, 0.4) is 0 Å². The second-order valence-electron chi connectivity index (χ2n) is 5.38. The van der Waals surface area contributed by atoms with E-state index in [-0.39, 0.29) is 5.56 Å². The summed E-state index contributed by atoms with van der Waals surface area (Å²) < 4.78 is 0. The van der Waals surface area contributed by atoms with Crippen LogP contribution < -0.4 is 5.32 Å². The fourth-order valence-corrected chi connectivity index (χ4v) is 2.50. The molecule has 0 amide bonds. The minimum atomic E-state index is -0.912. The fourth-order valence-electron chi connectivity index (χ4n) is 2.50. The van der Waals surface area contributed by atoms with E-state index in [9.17, 15) is 4.79 Å². The van der Waals surface area contributed by atoms with Crippen LogP contribution in [-0.2, 0) is 0 Å². The highest BCUT2D eigenvalue weighted by atomic mass is 16.4. The van der Waals surface area contributed by atoms with Crippen LogP contribution in [0.15, 0.2) is 12.1 Å². The molecule has 2 atom stereocenters. The average molecular weight is 263 g/mol. The van der Waals surface area contributed by atoms with Gasteiger partial charge in [-0.3, -0.25) is 0 Å². The van der Waals surface area contributed by atoms with Gasteiger partial charge in [-0.1, -0.05) is 0 Å². The Morgan fingerprint density at radius 1 is 1.53 bits per heavy atom. The van der Waals surface area contributed by atoms with Crippen LogP contribution in [0.2, 0.25) is 0 Å². The van der Waals surface area contributed by atoms with Gasteiger partial charge in [-0.15, -0.1) is 0 Å². The number of hydrogen-bond acceptors (Lipinski definition) is 4. The lowest BCUT2D eigenvalue weighted by molar-refractivity contribution is 0.0696. The second kappa shape index (κ2) is 5.57. The molecule has 0 aromatic carbocycles. The third-order valence-corrected chi connectivity index (χ3v) is 3.76. The molecule has 0 saturated carbocycles. The van der Waals surface area contributed by atoms with Crippen LogP contribution in [-0.4, -0.2) is 46.6 Å². The summed E-state index contributed by atoms with van der Waals surface area (Å²) in [4.78, 5) is 17.7. The summed E-state index contributed by atoms with van der Waals surface area (Å²) in [5.74, 6) is -0.246. The van der Waals surface area contributed by atoms with E-state index in [0.29, 0.717) is 17.9 Å². The van der Waals surface area contributed by atoms with E-state index >= 15 is 0 Å². The summed E-state index contributed by atoms with van der Waals surface area (Å²) in [6, 6.07) is 4.10. The molecule has 0 spiro atoms. The largest absolute Gasteiger partial charge is 0.478 e. The Morgan fingerprint density at radius 3 is 2.89 bits per heavy atom. The monoisotopic (exact) mass is 263 g/mol. The first kappa shape index (κ1) is 13.8. The van der Waals surface area contributed by atoms with E-state index in [1.54, 1.807) is 12.1 Å². The molecule has 0 radical (unpaired) electrons. The number of aromatic nitrogens is 1. The van der Waals surface area contributed by atoms with E-state index < -0.39 is 5.97 Å². The highest BCUT2D eigenvalue weighted by Gasteiger charge is 2.23. The van der Waals surface area contributed by atoms with Gasteiger partial charge in [-0.25, -0.2) is 9.78 Å². The number of carbonyl (C=O) groups is 1. The van der Waals surface area contributed by atoms with Gasteiger partial charge in [0.15, 0.2) is 0 Å². The number of carboxylic acids is 1. The number of anilines is 1. The number of piperidine rings is 1. The quantitative estimate of drug-likeness (QED) is 0.873. The summed E-state index contributed by atoms with van der Waals surface area (Å²) in [5, 5.41) is 12.4. The number of aryl methyl sites for hydroxylation is 1. The minimum Gasteiger partial charge on any atom is -0.478 e. The molecule has 1 aromatic rings. The van der Waals surface area contributed by atoms with Gasteiger partial charge in [0.25, 0.3) is 0 Å². The van der Waals surface area contributed by atoms with Crippen LogP contribution in [0.5, 0.6) is 0 Å². The van der Waals surface area contributed by atoms with Crippen LogP contribution in [0.25, 0.3) is 0 Å². The molecule has 104 valence electrons. The normalized spacial score (nSPS) is 24.2. The van der Waals surface area contributed by atoms with E-state index in [2.05, 4.69) is 29.2 Å². The van der Waals surface area contributed by atoms with Crippen molar-refractivity contribution in [1.29, 1.82) is 0 Å². The van der Waals surface area contributed by atoms with Crippen LogP contribution in [0.1, 0.15) is 35.8 Å². The fraction of sp³-hybridized carbons (Fsp3) is 0.571. The third kappa shape index (κ3) is 3.44. The molecule has 19 heavy (non-hydrogen) atoms. The Kier molecular flexibility index (Phi) is 4.04. The molecule has 5 nitrogen and oxygen atoms in total. The molecular weight excluding hydrogens is 242 g/mol. The number of rotatable bonds is 3. The van der Waals surface area contributed by atoms with Crippen molar-refractivity contribution >= 4 is 11.8 Å². The molecule has 1 aromatic heterocycles. The van der Waals surface area contributed by atoms with Gasteiger partial charge in [0, 0.05) is 24.3 Å². The van der Waals surface area contributed by atoms with Crippen molar-refractivity contribution in [1.82, 2.24) is 9.88 Å². The van der Waals surface area contributed by atoms with Crippen molar-refractivity contribution in [2.45, 2.75) is 38.8 Å². The summed E-state index contributed by atoms with van der Waals surface area (Å²) in [6.07, 6.45) is 2.10. The van der Waals surface area contributed by atoms with Crippen LogP contribution >= 0.6 is 0 Å².